The number of rotatable bonds is 10. The minimum absolute atomic E-state index is 0.210. The molecule has 5 heteroatoms. The second kappa shape index (κ2) is 14.9. The monoisotopic (exact) mass is 626 g/mol. The molecule has 0 aromatic heterocycles. The molecule has 4 aliphatic carbocycles. The fourth-order valence-electron chi connectivity index (χ4n) is 9.83. The predicted octanol–water partition coefficient (Wildman–Crippen LogP) is 8.40. The highest BCUT2D eigenvalue weighted by molar-refractivity contribution is 5.73. The summed E-state index contributed by atoms with van der Waals surface area (Å²) in [5, 5.41) is 41.2. The zero-order valence-electron chi connectivity index (χ0n) is 27.5. The maximum absolute atomic E-state index is 13.0. The number of hydrogen-bond acceptors (Lipinski definition) is 4. The van der Waals surface area contributed by atoms with Crippen LogP contribution in [0.3, 0.4) is 0 Å². The van der Waals surface area contributed by atoms with Crippen LogP contribution < -0.4 is 0 Å². The summed E-state index contributed by atoms with van der Waals surface area (Å²) in [5.41, 5.74) is 5.62. The molecule has 1 spiro atoms. The number of unbranched alkanes of at least 4 members (excludes halogenated alkanes) is 3. The molecule has 5 nitrogen and oxygen atoms in total. The van der Waals surface area contributed by atoms with E-state index in [4.69, 9.17) is 0 Å². The van der Waals surface area contributed by atoms with Crippen molar-refractivity contribution in [2.75, 3.05) is 6.61 Å². The van der Waals surface area contributed by atoms with Gasteiger partial charge in [-0.3, -0.25) is 4.79 Å². The molecular formula is C41H54O5. The number of aliphatic hydroxyl groups excluding tert-OH is 2. The average molecular weight is 627 g/mol. The van der Waals surface area contributed by atoms with Crippen molar-refractivity contribution in [3.05, 3.63) is 88.5 Å². The second-order valence-corrected chi connectivity index (χ2v) is 15.0. The van der Waals surface area contributed by atoms with Crippen molar-refractivity contribution in [1.82, 2.24) is 0 Å². The number of carboxylic acids is 1. The van der Waals surface area contributed by atoms with Crippen LogP contribution in [0, 0.1) is 23.7 Å². The molecule has 2 bridgehead atoms. The number of benzene rings is 2. The van der Waals surface area contributed by atoms with Gasteiger partial charge in [-0.1, -0.05) is 74.2 Å². The van der Waals surface area contributed by atoms with Crippen molar-refractivity contribution < 1.29 is 25.2 Å². The number of carboxylic acid groups (broad SMARTS) is 1. The highest BCUT2D eigenvalue weighted by Crippen LogP contribution is 2.56. The maximum Gasteiger partial charge on any atom is 0.307 e. The van der Waals surface area contributed by atoms with Crippen LogP contribution >= 0.6 is 0 Å². The third kappa shape index (κ3) is 7.16. The van der Waals surface area contributed by atoms with Gasteiger partial charge in [-0.25, -0.2) is 0 Å². The van der Waals surface area contributed by atoms with Crippen LogP contribution in [0.2, 0.25) is 0 Å². The first-order valence-corrected chi connectivity index (χ1v) is 18.1. The molecule has 6 rings (SSSR count). The average Bonchev–Trinajstić information content (AvgIpc) is 3.52. The molecule has 2 aromatic carbocycles. The topological polar surface area (TPSA) is 98.0 Å². The van der Waals surface area contributed by atoms with Gasteiger partial charge in [0.2, 0.25) is 0 Å². The van der Waals surface area contributed by atoms with E-state index in [-0.39, 0.29) is 24.2 Å². The Morgan fingerprint density at radius 1 is 0.870 bits per heavy atom. The van der Waals surface area contributed by atoms with Crippen LogP contribution in [0.25, 0.3) is 0 Å². The molecule has 0 heterocycles. The largest absolute Gasteiger partial charge is 0.508 e. The zero-order valence-corrected chi connectivity index (χ0v) is 27.5. The number of phenolic OH excluding ortho intramolecular Hbond substituents is 1. The second-order valence-electron chi connectivity index (χ2n) is 15.0. The highest BCUT2D eigenvalue weighted by atomic mass is 16.4. The van der Waals surface area contributed by atoms with E-state index in [0.29, 0.717) is 24.7 Å². The van der Waals surface area contributed by atoms with Crippen LogP contribution in [0.15, 0.2) is 66.3 Å². The molecule has 4 N–H and O–H groups in total. The molecule has 46 heavy (non-hydrogen) atoms. The molecule has 0 amide bonds. The van der Waals surface area contributed by atoms with Gasteiger partial charge in [-0.15, -0.1) is 0 Å². The molecule has 0 aliphatic heterocycles. The maximum atomic E-state index is 13.0. The van der Waals surface area contributed by atoms with Crippen LogP contribution in [0.1, 0.15) is 118 Å². The van der Waals surface area contributed by atoms with E-state index in [1.807, 2.05) is 12.1 Å². The molecule has 1 saturated carbocycles. The van der Waals surface area contributed by atoms with E-state index in [9.17, 15) is 25.2 Å². The summed E-state index contributed by atoms with van der Waals surface area (Å²) < 4.78 is 0. The number of aryl methyl sites for hydroxylation is 1. The van der Waals surface area contributed by atoms with Crippen LogP contribution in [-0.4, -0.2) is 39.1 Å². The number of hydrogen-bond donors (Lipinski definition) is 4. The van der Waals surface area contributed by atoms with Gasteiger partial charge in [-0.2, -0.15) is 0 Å². The molecular weight excluding hydrogens is 572 g/mol. The van der Waals surface area contributed by atoms with Crippen molar-refractivity contribution in [2.45, 2.75) is 120 Å². The van der Waals surface area contributed by atoms with E-state index < -0.39 is 23.4 Å². The van der Waals surface area contributed by atoms with E-state index in [1.54, 1.807) is 0 Å². The van der Waals surface area contributed by atoms with Gasteiger partial charge in [0.25, 0.3) is 0 Å². The lowest BCUT2D eigenvalue weighted by atomic mass is 9.51. The number of carbonyl (C=O) groups is 1. The summed E-state index contributed by atoms with van der Waals surface area (Å²) in [7, 11) is 0. The molecule has 7 atom stereocenters. The molecule has 248 valence electrons. The van der Waals surface area contributed by atoms with E-state index in [1.165, 1.54) is 66.4 Å². The van der Waals surface area contributed by atoms with Crippen molar-refractivity contribution in [2.24, 2.45) is 23.7 Å². The Labute approximate surface area is 275 Å². The predicted molar refractivity (Wildman–Crippen MR) is 183 cm³/mol. The fraction of sp³-hybridized carbons (Fsp3) is 0.585. The Hall–Kier alpha value is -2.89. The highest BCUT2D eigenvalue weighted by Gasteiger charge is 2.54. The molecule has 2 aromatic rings. The van der Waals surface area contributed by atoms with Crippen LogP contribution in [-0.2, 0) is 23.1 Å². The standard InChI is InChI=1S/C41H54O5/c42-27-30-12-11-28(23-30)7-3-1-2-4-8-31-9-5-6-10-38(40(45)46)41-26-36(44)22-19-34(41)18-15-33-14-13-29(25-39(33)41)24-37(31)32-16-20-35(43)21-17-32/h5-6,13-14,16-17,20-21,23,25,28,31,34,36-38,42-44H,1-4,7-12,15,18-19,22,24,26-27H2,(H,45,46)/b6-5+/t28-,31+,34-,36-,37+,38-,41+/m0/s1. The number of phenols is 1. The van der Waals surface area contributed by atoms with Gasteiger partial charge in [0.15, 0.2) is 0 Å². The van der Waals surface area contributed by atoms with Gasteiger partial charge in [0.05, 0.1) is 18.6 Å². The quantitative estimate of drug-likeness (QED) is 0.157. The Morgan fingerprint density at radius 3 is 2.41 bits per heavy atom. The molecule has 0 saturated heterocycles. The minimum atomic E-state index is -0.738. The van der Waals surface area contributed by atoms with Crippen molar-refractivity contribution >= 4 is 5.97 Å². The molecule has 4 aliphatic rings. The Kier molecular flexibility index (Phi) is 10.7. The lowest BCUT2D eigenvalue weighted by Gasteiger charge is -2.53. The third-order valence-corrected chi connectivity index (χ3v) is 12.2. The first-order valence-electron chi connectivity index (χ1n) is 18.1. The summed E-state index contributed by atoms with van der Waals surface area (Å²) in [5.74, 6) is 0.598. The number of aliphatic hydroxyl groups is 2. The van der Waals surface area contributed by atoms with E-state index in [0.717, 1.165) is 51.4 Å². The summed E-state index contributed by atoms with van der Waals surface area (Å²) in [6, 6.07) is 14.7. The summed E-state index contributed by atoms with van der Waals surface area (Å²) in [6.45, 7) is 0.210. The van der Waals surface area contributed by atoms with Crippen molar-refractivity contribution in [3.8, 4) is 5.75 Å². The molecule has 0 unspecified atom stereocenters. The van der Waals surface area contributed by atoms with Crippen LogP contribution in [0.4, 0.5) is 0 Å². The summed E-state index contributed by atoms with van der Waals surface area (Å²) in [6.07, 6.45) is 22.0. The SMILES string of the molecule is O=C(O)[C@@H]1C/C=C/C[C@@H](CCCCCC[C@@H]2C=C(CO)CC2)[C@H](c2ccc(O)cc2)Cc2ccc3c(c2)[C@@]12C[C@@H](O)CC[C@@H]2CC3. The van der Waals surface area contributed by atoms with Gasteiger partial charge >= 0.3 is 5.97 Å². The number of fused-ring (bicyclic) bond motifs is 1. The van der Waals surface area contributed by atoms with E-state index >= 15 is 0 Å². The minimum Gasteiger partial charge on any atom is -0.508 e. The van der Waals surface area contributed by atoms with Gasteiger partial charge in [0, 0.05) is 5.41 Å². The number of allylic oxidation sites excluding steroid dienone is 3. The number of aliphatic carboxylic acids is 1. The van der Waals surface area contributed by atoms with Gasteiger partial charge in [-0.05, 0) is 141 Å². The normalized spacial score (nSPS) is 31.7. The first kappa shape index (κ1) is 33.0. The molecule has 0 radical (unpaired) electrons. The Morgan fingerprint density at radius 2 is 1.65 bits per heavy atom. The third-order valence-electron chi connectivity index (χ3n) is 12.2. The Bertz CT molecular complexity index is 1390. The smallest absolute Gasteiger partial charge is 0.307 e. The van der Waals surface area contributed by atoms with Gasteiger partial charge < -0.3 is 20.4 Å². The van der Waals surface area contributed by atoms with Crippen molar-refractivity contribution in [3.63, 3.8) is 0 Å². The lowest BCUT2D eigenvalue weighted by molar-refractivity contribution is -0.147. The van der Waals surface area contributed by atoms with Gasteiger partial charge in [0.1, 0.15) is 5.75 Å². The van der Waals surface area contributed by atoms with Crippen molar-refractivity contribution in [1.29, 1.82) is 0 Å². The molecule has 1 fully saturated rings. The zero-order chi connectivity index (χ0) is 32.1. The summed E-state index contributed by atoms with van der Waals surface area (Å²) >= 11 is 0. The summed E-state index contributed by atoms with van der Waals surface area (Å²) in [4.78, 5) is 13.0. The fourth-order valence-corrected chi connectivity index (χ4v) is 9.83. The van der Waals surface area contributed by atoms with Crippen LogP contribution in [0.5, 0.6) is 5.75 Å². The number of aromatic hydroxyl groups is 1. The lowest BCUT2D eigenvalue weighted by Crippen LogP contribution is -2.53. The first-order chi connectivity index (χ1) is 22.4. The van der Waals surface area contributed by atoms with E-state index in [2.05, 4.69) is 48.6 Å². The Balaban J connectivity index is 1.26.